The molecule has 0 atom stereocenters. The van der Waals surface area contributed by atoms with Crippen LogP contribution in [0.5, 0.6) is 0 Å². The Morgan fingerprint density at radius 3 is 2.40 bits per heavy atom. The molecule has 2 aromatic rings. The summed E-state index contributed by atoms with van der Waals surface area (Å²) in [6, 6.07) is 11.6. The summed E-state index contributed by atoms with van der Waals surface area (Å²) in [5, 5.41) is 12.0. The van der Waals surface area contributed by atoms with Crippen molar-refractivity contribution in [1.82, 2.24) is 0 Å². The van der Waals surface area contributed by atoms with E-state index in [9.17, 15) is 9.18 Å². The first kappa shape index (κ1) is 14.0. The molecule has 0 aliphatic heterocycles. The normalized spacial score (nSPS) is 10.3. The van der Waals surface area contributed by atoms with Crippen molar-refractivity contribution >= 4 is 11.6 Å². The van der Waals surface area contributed by atoms with Crippen LogP contribution in [-0.4, -0.2) is 11.0 Å². The third-order valence-corrected chi connectivity index (χ3v) is 2.93. The first-order valence-electron chi connectivity index (χ1n) is 6.12. The zero-order valence-corrected chi connectivity index (χ0v) is 10.8. The van der Waals surface area contributed by atoms with Gasteiger partial charge in [-0.2, -0.15) is 0 Å². The van der Waals surface area contributed by atoms with Gasteiger partial charge in [-0.25, -0.2) is 4.39 Å². The summed E-state index contributed by atoms with van der Waals surface area (Å²) in [5.41, 5.74) is 7.42. The van der Waals surface area contributed by atoms with E-state index in [2.05, 4.69) is 5.32 Å². The Balaban J connectivity index is 2.06. The summed E-state index contributed by atoms with van der Waals surface area (Å²) in [6.07, 6.45) is 0. The Morgan fingerprint density at radius 2 is 1.80 bits per heavy atom. The molecule has 0 fully saturated rings. The molecule has 20 heavy (non-hydrogen) atoms. The number of primary amides is 1. The Bertz CT molecular complexity index is 612. The summed E-state index contributed by atoms with van der Waals surface area (Å²) in [4.78, 5) is 11.0. The van der Waals surface area contributed by atoms with Crippen molar-refractivity contribution in [3.8, 4) is 0 Å². The highest BCUT2D eigenvalue weighted by atomic mass is 19.1. The maximum Gasteiger partial charge on any atom is 0.251 e. The maximum absolute atomic E-state index is 13.3. The number of nitrogens with two attached hydrogens (primary N) is 1. The molecule has 0 radical (unpaired) electrons. The minimum atomic E-state index is -0.793. The Morgan fingerprint density at radius 1 is 1.15 bits per heavy atom. The van der Waals surface area contributed by atoms with Gasteiger partial charge in [0.2, 0.25) is 0 Å². The van der Waals surface area contributed by atoms with E-state index in [4.69, 9.17) is 10.8 Å². The molecule has 2 rings (SSSR count). The summed E-state index contributed by atoms with van der Waals surface area (Å²) in [5.74, 6) is -1.42. The third kappa shape index (κ3) is 3.33. The molecule has 5 heteroatoms. The lowest BCUT2D eigenvalue weighted by Gasteiger charge is -2.08. The van der Waals surface area contributed by atoms with Crippen molar-refractivity contribution in [3.05, 3.63) is 65.0 Å². The van der Waals surface area contributed by atoms with E-state index in [1.54, 1.807) is 6.07 Å². The predicted octanol–water partition coefficient (Wildman–Crippen LogP) is 2.03. The number of amides is 1. The van der Waals surface area contributed by atoms with Crippen molar-refractivity contribution in [2.45, 2.75) is 13.2 Å². The molecular formula is C15H15FN2O2. The first-order chi connectivity index (χ1) is 9.60. The fourth-order valence-electron chi connectivity index (χ4n) is 1.79. The van der Waals surface area contributed by atoms with Crippen LogP contribution in [0.2, 0.25) is 0 Å². The molecule has 2 aromatic carbocycles. The molecule has 0 unspecified atom stereocenters. The van der Waals surface area contributed by atoms with Gasteiger partial charge in [-0.3, -0.25) is 4.79 Å². The third-order valence-electron chi connectivity index (χ3n) is 2.93. The molecule has 4 N–H and O–H groups in total. The van der Waals surface area contributed by atoms with Crippen molar-refractivity contribution < 1.29 is 14.3 Å². The largest absolute Gasteiger partial charge is 0.392 e. The number of aliphatic hydroxyl groups excluding tert-OH is 1. The van der Waals surface area contributed by atoms with Gasteiger partial charge in [0.1, 0.15) is 5.82 Å². The zero-order valence-electron chi connectivity index (χ0n) is 10.8. The average Bonchev–Trinajstić information content (AvgIpc) is 2.46. The molecule has 104 valence electrons. The van der Waals surface area contributed by atoms with Gasteiger partial charge in [-0.05, 0) is 29.3 Å². The first-order valence-corrected chi connectivity index (χ1v) is 6.12. The van der Waals surface area contributed by atoms with Crippen LogP contribution in [0.1, 0.15) is 21.5 Å². The molecule has 0 saturated heterocycles. The molecule has 0 bridgehead atoms. The van der Waals surface area contributed by atoms with Crippen molar-refractivity contribution in [1.29, 1.82) is 0 Å². The lowest BCUT2D eigenvalue weighted by Crippen LogP contribution is -2.13. The van der Waals surface area contributed by atoms with Crippen molar-refractivity contribution in [3.63, 3.8) is 0 Å². The number of rotatable bonds is 5. The summed E-state index contributed by atoms with van der Waals surface area (Å²) in [7, 11) is 0. The summed E-state index contributed by atoms with van der Waals surface area (Å²) < 4.78 is 13.3. The van der Waals surface area contributed by atoms with Crippen LogP contribution in [0.25, 0.3) is 0 Å². The van der Waals surface area contributed by atoms with Crippen LogP contribution in [0, 0.1) is 5.82 Å². The molecule has 0 heterocycles. The van der Waals surface area contributed by atoms with E-state index < -0.39 is 11.7 Å². The monoisotopic (exact) mass is 274 g/mol. The number of carbonyl (C=O) groups excluding carboxylic acids is 1. The molecular weight excluding hydrogens is 259 g/mol. The fraction of sp³-hybridized carbons (Fsp3) is 0.133. The number of carbonyl (C=O) groups is 1. The SMILES string of the molecule is NC(=O)c1cc(NCc2ccc(CO)cc2)ccc1F. The van der Waals surface area contributed by atoms with Gasteiger partial charge in [-0.15, -0.1) is 0 Å². The number of hydrogen-bond acceptors (Lipinski definition) is 3. The number of nitrogens with one attached hydrogen (secondary N) is 1. The van der Waals surface area contributed by atoms with Gasteiger partial charge in [0, 0.05) is 12.2 Å². The second-order valence-corrected chi connectivity index (χ2v) is 4.39. The number of halogens is 1. The molecule has 1 amide bonds. The van der Waals surface area contributed by atoms with E-state index in [0.717, 1.165) is 11.1 Å². The molecule has 0 aliphatic carbocycles. The molecule has 0 aromatic heterocycles. The Labute approximate surface area is 116 Å². The highest BCUT2D eigenvalue weighted by molar-refractivity contribution is 5.94. The van der Waals surface area contributed by atoms with E-state index in [0.29, 0.717) is 12.2 Å². The zero-order chi connectivity index (χ0) is 14.5. The minimum Gasteiger partial charge on any atom is -0.392 e. The molecule has 4 nitrogen and oxygen atoms in total. The maximum atomic E-state index is 13.3. The van der Waals surface area contributed by atoms with Crippen molar-refractivity contribution in [2.24, 2.45) is 5.73 Å². The lowest BCUT2D eigenvalue weighted by atomic mass is 10.1. The quantitative estimate of drug-likeness (QED) is 0.781. The van der Waals surface area contributed by atoms with Gasteiger partial charge in [0.15, 0.2) is 0 Å². The molecule has 0 saturated carbocycles. The van der Waals surface area contributed by atoms with Gasteiger partial charge in [-0.1, -0.05) is 24.3 Å². The highest BCUT2D eigenvalue weighted by Gasteiger charge is 2.08. The fourth-order valence-corrected chi connectivity index (χ4v) is 1.79. The number of anilines is 1. The summed E-state index contributed by atoms with van der Waals surface area (Å²) >= 11 is 0. The number of hydrogen-bond donors (Lipinski definition) is 3. The lowest BCUT2D eigenvalue weighted by molar-refractivity contribution is 0.0996. The van der Waals surface area contributed by atoms with Crippen molar-refractivity contribution in [2.75, 3.05) is 5.32 Å². The molecule has 0 spiro atoms. The van der Waals surface area contributed by atoms with Gasteiger partial charge in [0.25, 0.3) is 5.91 Å². The van der Waals surface area contributed by atoms with E-state index in [1.807, 2.05) is 24.3 Å². The smallest absolute Gasteiger partial charge is 0.251 e. The van der Waals surface area contributed by atoms with E-state index in [1.165, 1.54) is 12.1 Å². The van der Waals surface area contributed by atoms with Crippen LogP contribution in [-0.2, 0) is 13.2 Å². The van der Waals surface area contributed by atoms with Crippen LogP contribution in [0.3, 0.4) is 0 Å². The average molecular weight is 274 g/mol. The second kappa shape index (κ2) is 6.16. The second-order valence-electron chi connectivity index (χ2n) is 4.39. The van der Waals surface area contributed by atoms with Gasteiger partial charge >= 0.3 is 0 Å². The number of benzene rings is 2. The Kier molecular flexibility index (Phi) is 4.32. The van der Waals surface area contributed by atoms with Crippen LogP contribution < -0.4 is 11.1 Å². The van der Waals surface area contributed by atoms with Crippen LogP contribution >= 0.6 is 0 Å². The Hall–Kier alpha value is -2.40. The standard InChI is InChI=1S/C15H15FN2O2/c16-14-6-5-12(7-13(14)15(17)20)18-8-10-1-3-11(9-19)4-2-10/h1-7,18-19H,8-9H2,(H2,17,20). The van der Waals surface area contributed by atoms with Gasteiger partial charge in [0.05, 0.1) is 12.2 Å². The van der Waals surface area contributed by atoms with E-state index in [-0.39, 0.29) is 12.2 Å². The van der Waals surface area contributed by atoms with Crippen LogP contribution in [0.4, 0.5) is 10.1 Å². The van der Waals surface area contributed by atoms with E-state index >= 15 is 0 Å². The highest BCUT2D eigenvalue weighted by Crippen LogP contribution is 2.15. The molecule has 0 aliphatic rings. The number of aliphatic hydroxyl groups is 1. The van der Waals surface area contributed by atoms with Crippen LogP contribution in [0.15, 0.2) is 42.5 Å². The van der Waals surface area contributed by atoms with Gasteiger partial charge < -0.3 is 16.2 Å². The summed E-state index contributed by atoms with van der Waals surface area (Å²) in [6.45, 7) is 0.531. The minimum absolute atomic E-state index is 0.00758. The topological polar surface area (TPSA) is 75.4 Å². The predicted molar refractivity (Wildman–Crippen MR) is 74.6 cm³/mol.